The summed E-state index contributed by atoms with van der Waals surface area (Å²) >= 11 is 3.52. The molecule has 0 radical (unpaired) electrons. The molecular formula is C15H12BrN3O2. The highest BCUT2D eigenvalue weighted by molar-refractivity contribution is 9.10. The summed E-state index contributed by atoms with van der Waals surface area (Å²) in [4.78, 5) is 4.01. The second-order valence-electron chi connectivity index (χ2n) is 4.35. The lowest BCUT2D eigenvalue weighted by Crippen LogP contribution is -1.90. The van der Waals surface area contributed by atoms with Gasteiger partial charge >= 0.3 is 0 Å². The van der Waals surface area contributed by atoms with Gasteiger partial charge in [0.1, 0.15) is 5.75 Å². The molecule has 0 saturated carbocycles. The van der Waals surface area contributed by atoms with E-state index in [1.54, 1.807) is 19.5 Å². The first-order valence-electron chi connectivity index (χ1n) is 6.20. The van der Waals surface area contributed by atoms with Crippen molar-refractivity contribution >= 4 is 21.7 Å². The number of pyridine rings is 1. The fraction of sp³-hybridized carbons (Fsp3) is 0.0667. The highest BCUT2D eigenvalue weighted by atomic mass is 79.9. The van der Waals surface area contributed by atoms with Crippen LogP contribution in [0.4, 0.5) is 5.82 Å². The minimum absolute atomic E-state index is 0.339. The first-order valence-corrected chi connectivity index (χ1v) is 6.99. The maximum Gasteiger partial charge on any atom is 0.178 e. The van der Waals surface area contributed by atoms with Crippen LogP contribution in [0, 0.1) is 0 Å². The van der Waals surface area contributed by atoms with Crippen molar-refractivity contribution in [3.63, 3.8) is 0 Å². The molecule has 1 aromatic carbocycles. The summed E-state index contributed by atoms with van der Waals surface area (Å²) in [5.41, 5.74) is 8.42. The molecule has 2 N–H and O–H groups in total. The van der Waals surface area contributed by atoms with Gasteiger partial charge in [-0.2, -0.15) is 0 Å². The Labute approximate surface area is 129 Å². The number of nitrogens with zero attached hydrogens (tertiary/aromatic N) is 2. The number of nitrogens with two attached hydrogens (primary N) is 1. The lowest BCUT2D eigenvalue weighted by atomic mass is 10.0. The van der Waals surface area contributed by atoms with Gasteiger partial charge in [0.25, 0.3) is 0 Å². The zero-order chi connectivity index (χ0) is 14.8. The first-order chi connectivity index (χ1) is 10.2. The van der Waals surface area contributed by atoms with E-state index < -0.39 is 0 Å². The predicted octanol–water partition coefficient (Wildman–Crippen LogP) is 3.76. The van der Waals surface area contributed by atoms with Crippen molar-refractivity contribution in [1.82, 2.24) is 10.1 Å². The van der Waals surface area contributed by atoms with Gasteiger partial charge in [-0.3, -0.25) is 4.98 Å². The number of nitrogen functional groups attached to an aromatic ring is 1. The largest absolute Gasteiger partial charge is 0.497 e. The van der Waals surface area contributed by atoms with Gasteiger partial charge in [-0.05, 0) is 35.9 Å². The molecule has 0 bridgehead atoms. The molecule has 0 aliphatic rings. The predicted molar refractivity (Wildman–Crippen MR) is 83.8 cm³/mol. The second-order valence-corrected chi connectivity index (χ2v) is 5.21. The summed E-state index contributed by atoms with van der Waals surface area (Å²) in [5.74, 6) is 1.65. The first kappa shape index (κ1) is 13.6. The van der Waals surface area contributed by atoms with Crippen molar-refractivity contribution in [3.05, 3.63) is 47.2 Å². The van der Waals surface area contributed by atoms with Gasteiger partial charge in [0.05, 0.1) is 12.7 Å². The molecule has 0 spiro atoms. The quantitative estimate of drug-likeness (QED) is 0.782. The Morgan fingerprint density at radius 3 is 2.67 bits per heavy atom. The number of anilines is 1. The van der Waals surface area contributed by atoms with E-state index in [1.807, 2.05) is 30.3 Å². The van der Waals surface area contributed by atoms with Crippen molar-refractivity contribution in [2.24, 2.45) is 0 Å². The van der Waals surface area contributed by atoms with Crippen LogP contribution in [0.1, 0.15) is 0 Å². The number of rotatable bonds is 3. The molecule has 0 aliphatic carbocycles. The molecular weight excluding hydrogens is 334 g/mol. The molecule has 21 heavy (non-hydrogen) atoms. The Bertz CT molecular complexity index is 772. The van der Waals surface area contributed by atoms with Crippen molar-refractivity contribution in [2.75, 3.05) is 12.8 Å². The van der Waals surface area contributed by atoms with Crippen LogP contribution in [0.3, 0.4) is 0 Å². The van der Waals surface area contributed by atoms with Gasteiger partial charge in [-0.25, -0.2) is 0 Å². The van der Waals surface area contributed by atoms with Crippen LogP contribution in [-0.2, 0) is 0 Å². The molecule has 0 atom stereocenters. The van der Waals surface area contributed by atoms with Crippen LogP contribution in [0.25, 0.3) is 22.5 Å². The Morgan fingerprint density at radius 2 is 1.95 bits per heavy atom. The molecule has 2 heterocycles. The summed E-state index contributed by atoms with van der Waals surface area (Å²) in [6.07, 6.45) is 3.40. The Kier molecular flexibility index (Phi) is 3.62. The Hall–Kier alpha value is -2.34. The Balaban J connectivity index is 2.21. The summed E-state index contributed by atoms with van der Waals surface area (Å²) < 4.78 is 11.6. The number of hydrogen-bond donors (Lipinski definition) is 1. The summed E-state index contributed by atoms with van der Waals surface area (Å²) in [6.45, 7) is 0. The lowest BCUT2D eigenvalue weighted by molar-refractivity contribution is 0.413. The number of methoxy groups -OCH3 is 1. The van der Waals surface area contributed by atoms with Crippen LogP contribution in [0.15, 0.2) is 51.7 Å². The minimum atomic E-state index is 0.339. The highest BCUT2D eigenvalue weighted by Crippen LogP contribution is 2.40. The Morgan fingerprint density at radius 1 is 1.19 bits per heavy atom. The third-order valence-electron chi connectivity index (χ3n) is 3.11. The van der Waals surface area contributed by atoms with Crippen LogP contribution in [0.2, 0.25) is 0 Å². The van der Waals surface area contributed by atoms with E-state index in [0.29, 0.717) is 11.6 Å². The molecule has 3 aromatic rings. The fourth-order valence-corrected chi connectivity index (χ4v) is 2.52. The molecule has 6 heteroatoms. The number of aromatic nitrogens is 2. The summed E-state index contributed by atoms with van der Waals surface area (Å²) in [7, 11) is 1.62. The molecule has 3 rings (SSSR count). The van der Waals surface area contributed by atoms with Crippen LogP contribution in [0.5, 0.6) is 5.75 Å². The molecule has 2 aromatic heterocycles. The number of ether oxygens (including phenoxy) is 1. The minimum Gasteiger partial charge on any atom is -0.497 e. The fourth-order valence-electron chi connectivity index (χ4n) is 2.09. The molecule has 0 unspecified atom stereocenters. The van der Waals surface area contributed by atoms with Gasteiger partial charge in [0.15, 0.2) is 11.6 Å². The lowest BCUT2D eigenvalue weighted by Gasteiger charge is -2.07. The highest BCUT2D eigenvalue weighted by Gasteiger charge is 2.20. The number of halogens is 1. The van der Waals surface area contributed by atoms with E-state index in [9.17, 15) is 0 Å². The van der Waals surface area contributed by atoms with Crippen molar-refractivity contribution in [3.8, 4) is 28.2 Å². The average Bonchev–Trinajstić information content (AvgIpc) is 2.90. The van der Waals surface area contributed by atoms with Crippen LogP contribution >= 0.6 is 15.9 Å². The summed E-state index contributed by atoms with van der Waals surface area (Å²) in [6, 6.07) is 9.35. The average molecular weight is 346 g/mol. The third kappa shape index (κ3) is 2.50. The van der Waals surface area contributed by atoms with Gasteiger partial charge < -0.3 is 15.0 Å². The second kappa shape index (κ2) is 5.57. The van der Waals surface area contributed by atoms with Crippen molar-refractivity contribution < 1.29 is 9.26 Å². The normalized spacial score (nSPS) is 10.6. The molecule has 5 nitrogen and oxygen atoms in total. The summed E-state index contributed by atoms with van der Waals surface area (Å²) in [5, 5.41) is 3.89. The molecule has 0 saturated heterocycles. The van der Waals surface area contributed by atoms with E-state index in [4.69, 9.17) is 15.0 Å². The molecule has 0 fully saturated rings. The van der Waals surface area contributed by atoms with Crippen molar-refractivity contribution in [2.45, 2.75) is 0 Å². The van der Waals surface area contributed by atoms with Gasteiger partial charge in [0, 0.05) is 22.4 Å². The smallest absolute Gasteiger partial charge is 0.178 e. The van der Waals surface area contributed by atoms with E-state index >= 15 is 0 Å². The zero-order valence-electron chi connectivity index (χ0n) is 11.2. The van der Waals surface area contributed by atoms with E-state index in [0.717, 1.165) is 26.9 Å². The third-order valence-corrected chi connectivity index (χ3v) is 3.80. The van der Waals surface area contributed by atoms with Crippen LogP contribution < -0.4 is 10.5 Å². The van der Waals surface area contributed by atoms with Crippen LogP contribution in [-0.4, -0.2) is 17.3 Å². The standard InChI is InChI=1S/C15H12BrN3O2/c1-20-10-2-3-12(16)11(8-10)14-13(15(17)19-21-14)9-4-6-18-7-5-9/h2-8H,1H3,(H2,17,19). The van der Waals surface area contributed by atoms with E-state index in [-0.39, 0.29) is 0 Å². The number of benzene rings is 1. The molecule has 0 aliphatic heterocycles. The number of hydrogen-bond acceptors (Lipinski definition) is 5. The van der Waals surface area contributed by atoms with E-state index in [1.165, 1.54) is 0 Å². The maximum atomic E-state index is 5.96. The van der Waals surface area contributed by atoms with E-state index in [2.05, 4.69) is 26.1 Å². The topological polar surface area (TPSA) is 74.2 Å². The van der Waals surface area contributed by atoms with Gasteiger partial charge in [-0.1, -0.05) is 21.1 Å². The van der Waals surface area contributed by atoms with Gasteiger partial charge in [0.2, 0.25) is 0 Å². The monoisotopic (exact) mass is 345 g/mol. The molecule has 106 valence electrons. The van der Waals surface area contributed by atoms with Crippen molar-refractivity contribution in [1.29, 1.82) is 0 Å². The zero-order valence-corrected chi connectivity index (χ0v) is 12.8. The van der Waals surface area contributed by atoms with Gasteiger partial charge in [-0.15, -0.1) is 0 Å². The molecule has 0 amide bonds. The SMILES string of the molecule is COc1ccc(Br)c(-c2onc(N)c2-c2ccncc2)c1. The maximum absolute atomic E-state index is 5.96.